The van der Waals surface area contributed by atoms with E-state index in [9.17, 15) is 0 Å². The van der Waals surface area contributed by atoms with Crippen molar-refractivity contribution in [3.8, 4) is 0 Å². The fourth-order valence-electron chi connectivity index (χ4n) is 2.82. The number of piperidine rings is 1. The molecule has 1 aliphatic heterocycles. The van der Waals surface area contributed by atoms with E-state index in [1.165, 1.54) is 31.5 Å². The molecule has 0 saturated carbocycles. The molecule has 1 saturated heterocycles. The van der Waals surface area contributed by atoms with Gasteiger partial charge in [0.1, 0.15) is 0 Å². The SMILES string of the molecule is CNC(c1ccc(Cl)cc1)C1CCCN(C)C1. The molecular weight excluding hydrogens is 232 g/mol. The maximum absolute atomic E-state index is 5.94. The molecule has 2 atom stereocenters. The summed E-state index contributed by atoms with van der Waals surface area (Å²) in [5.74, 6) is 0.694. The molecule has 0 aliphatic carbocycles. The van der Waals surface area contributed by atoms with Gasteiger partial charge in [0.05, 0.1) is 0 Å². The van der Waals surface area contributed by atoms with Gasteiger partial charge in [-0.05, 0) is 57.1 Å². The Bertz CT molecular complexity index is 350. The molecule has 17 heavy (non-hydrogen) atoms. The molecular formula is C14H21ClN2. The van der Waals surface area contributed by atoms with E-state index in [0.29, 0.717) is 12.0 Å². The van der Waals surface area contributed by atoms with Crippen molar-refractivity contribution in [1.82, 2.24) is 10.2 Å². The maximum atomic E-state index is 5.94. The van der Waals surface area contributed by atoms with Crippen LogP contribution in [0.25, 0.3) is 0 Å². The second-order valence-electron chi connectivity index (χ2n) is 4.98. The predicted octanol–water partition coefficient (Wildman–Crippen LogP) is 2.94. The lowest BCUT2D eigenvalue weighted by Gasteiger charge is -2.35. The molecule has 0 amide bonds. The smallest absolute Gasteiger partial charge is 0.0406 e. The van der Waals surface area contributed by atoms with Gasteiger partial charge in [-0.1, -0.05) is 23.7 Å². The molecule has 1 aromatic carbocycles. The highest BCUT2D eigenvalue weighted by atomic mass is 35.5. The zero-order valence-corrected chi connectivity index (χ0v) is 11.4. The Morgan fingerprint density at radius 2 is 2.06 bits per heavy atom. The molecule has 0 spiro atoms. The van der Waals surface area contributed by atoms with Gasteiger partial charge >= 0.3 is 0 Å². The summed E-state index contributed by atoms with van der Waals surface area (Å²) in [6, 6.07) is 8.67. The van der Waals surface area contributed by atoms with E-state index in [4.69, 9.17) is 11.6 Å². The van der Waals surface area contributed by atoms with Crippen LogP contribution >= 0.6 is 11.6 Å². The molecule has 2 unspecified atom stereocenters. The quantitative estimate of drug-likeness (QED) is 0.890. The fourth-order valence-corrected chi connectivity index (χ4v) is 2.95. The summed E-state index contributed by atoms with van der Waals surface area (Å²) < 4.78 is 0. The van der Waals surface area contributed by atoms with E-state index in [2.05, 4.69) is 29.4 Å². The van der Waals surface area contributed by atoms with Crippen LogP contribution in [0.3, 0.4) is 0 Å². The normalized spacial score (nSPS) is 23.6. The van der Waals surface area contributed by atoms with Crippen molar-refractivity contribution in [3.63, 3.8) is 0 Å². The van der Waals surface area contributed by atoms with Gasteiger partial charge in [-0.15, -0.1) is 0 Å². The number of hydrogen-bond donors (Lipinski definition) is 1. The first-order valence-electron chi connectivity index (χ1n) is 6.32. The van der Waals surface area contributed by atoms with Crippen LogP contribution in [-0.4, -0.2) is 32.1 Å². The van der Waals surface area contributed by atoms with Crippen LogP contribution in [0.15, 0.2) is 24.3 Å². The van der Waals surface area contributed by atoms with Gasteiger partial charge in [-0.25, -0.2) is 0 Å². The molecule has 1 heterocycles. The van der Waals surface area contributed by atoms with Gasteiger partial charge in [0.25, 0.3) is 0 Å². The Hall–Kier alpha value is -0.570. The second kappa shape index (κ2) is 5.85. The summed E-state index contributed by atoms with van der Waals surface area (Å²) in [7, 11) is 4.26. The van der Waals surface area contributed by atoms with Gasteiger partial charge < -0.3 is 10.2 Å². The minimum Gasteiger partial charge on any atom is -0.313 e. The molecule has 1 aromatic rings. The second-order valence-corrected chi connectivity index (χ2v) is 5.42. The first-order chi connectivity index (χ1) is 8.20. The van der Waals surface area contributed by atoms with E-state index in [-0.39, 0.29) is 0 Å². The van der Waals surface area contributed by atoms with Crippen LogP contribution in [-0.2, 0) is 0 Å². The Balaban J connectivity index is 2.12. The number of halogens is 1. The highest BCUT2D eigenvalue weighted by molar-refractivity contribution is 6.30. The average Bonchev–Trinajstić information content (AvgIpc) is 2.33. The lowest BCUT2D eigenvalue weighted by atomic mass is 9.87. The Labute approximate surface area is 109 Å². The van der Waals surface area contributed by atoms with Crippen LogP contribution in [0.1, 0.15) is 24.4 Å². The Kier molecular flexibility index (Phi) is 4.43. The van der Waals surface area contributed by atoms with Crippen LogP contribution < -0.4 is 5.32 Å². The van der Waals surface area contributed by atoms with Gasteiger partial charge in [-0.3, -0.25) is 0 Å². The predicted molar refractivity (Wildman–Crippen MR) is 73.5 cm³/mol. The van der Waals surface area contributed by atoms with Crippen LogP contribution in [0.4, 0.5) is 0 Å². The maximum Gasteiger partial charge on any atom is 0.0406 e. The van der Waals surface area contributed by atoms with Crippen molar-refractivity contribution >= 4 is 11.6 Å². The topological polar surface area (TPSA) is 15.3 Å². The van der Waals surface area contributed by atoms with Crippen molar-refractivity contribution < 1.29 is 0 Å². The summed E-state index contributed by atoms with van der Waals surface area (Å²) in [6.07, 6.45) is 2.60. The van der Waals surface area contributed by atoms with Crippen LogP contribution in [0.5, 0.6) is 0 Å². The third kappa shape index (κ3) is 3.21. The molecule has 0 bridgehead atoms. The highest BCUT2D eigenvalue weighted by Crippen LogP contribution is 2.29. The molecule has 1 N–H and O–H groups in total. The first kappa shape index (κ1) is 12.9. The molecule has 1 aliphatic rings. The monoisotopic (exact) mass is 252 g/mol. The minimum absolute atomic E-state index is 0.440. The number of benzene rings is 1. The number of nitrogens with zero attached hydrogens (tertiary/aromatic N) is 1. The van der Waals surface area contributed by atoms with E-state index in [1.807, 2.05) is 19.2 Å². The third-order valence-corrected chi connectivity index (χ3v) is 3.92. The largest absolute Gasteiger partial charge is 0.313 e. The molecule has 2 rings (SSSR count). The summed E-state index contributed by atoms with van der Waals surface area (Å²) in [5, 5.41) is 4.27. The lowest BCUT2D eigenvalue weighted by molar-refractivity contribution is 0.177. The average molecular weight is 253 g/mol. The molecule has 3 heteroatoms. The number of nitrogens with one attached hydrogen (secondary N) is 1. The van der Waals surface area contributed by atoms with Crippen molar-refractivity contribution in [1.29, 1.82) is 0 Å². The van der Waals surface area contributed by atoms with Gasteiger partial charge in [0, 0.05) is 17.6 Å². The molecule has 0 aromatic heterocycles. The lowest BCUT2D eigenvalue weighted by Crippen LogP contribution is -2.38. The van der Waals surface area contributed by atoms with Crippen molar-refractivity contribution in [2.24, 2.45) is 5.92 Å². The summed E-state index contributed by atoms with van der Waals surface area (Å²) in [6.45, 7) is 2.40. The number of rotatable bonds is 3. The zero-order valence-electron chi connectivity index (χ0n) is 10.6. The fraction of sp³-hybridized carbons (Fsp3) is 0.571. The zero-order chi connectivity index (χ0) is 12.3. The molecule has 1 fully saturated rings. The minimum atomic E-state index is 0.440. The molecule has 2 nitrogen and oxygen atoms in total. The van der Waals surface area contributed by atoms with E-state index < -0.39 is 0 Å². The van der Waals surface area contributed by atoms with Crippen LogP contribution in [0.2, 0.25) is 5.02 Å². The summed E-state index contributed by atoms with van der Waals surface area (Å²) in [4.78, 5) is 2.43. The summed E-state index contributed by atoms with van der Waals surface area (Å²) >= 11 is 5.94. The number of likely N-dealkylation sites (tertiary alicyclic amines) is 1. The van der Waals surface area contributed by atoms with Crippen LogP contribution in [0, 0.1) is 5.92 Å². The summed E-state index contributed by atoms with van der Waals surface area (Å²) in [5.41, 5.74) is 1.34. The highest BCUT2D eigenvalue weighted by Gasteiger charge is 2.25. The molecule has 94 valence electrons. The molecule has 0 radical (unpaired) electrons. The van der Waals surface area contributed by atoms with Crippen molar-refractivity contribution in [3.05, 3.63) is 34.9 Å². The third-order valence-electron chi connectivity index (χ3n) is 3.67. The van der Waals surface area contributed by atoms with E-state index in [0.717, 1.165) is 5.02 Å². The van der Waals surface area contributed by atoms with Gasteiger partial charge in [0.2, 0.25) is 0 Å². The Morgan fingerprint density at radius 1 is 1.35 bits per heavy atom. The number of hydrogen-bond acceptors (Lipinski definition) is 2. The van der Waals surface area contributed by atoms with E-state index >= 15 is 0 Å². The first-order valence-corrected chi connectivity index (χ1v) is 6.70. The van der Waals surface area contributed by atoms with E-state index in [1.54, 1.807) is 0 Å². The van der Waals surface area contributed by atoms with Crippen molar-refractivity contribution in [2.45, 2.75) is 18.9 Å². The standard InChI is InChI=1S/C14H21ClN2/c1-16-14(11-5-7-13(15)8-6-11)12-4-3-9-17(2)10-12/h5-8,12,14,16H,3-4,9-10H2,1-2H3. The van der Waals surface area contributed by atoms with Crippen molar-refractivity contribution in [2.75, 3.05) is 27.2 Å². The Morgan fingerprint density at radius 3 is 2.65 bits per heavy atom. The van der Waals surface area contributed by atoms with Gasteiger partial charge in [-0.2, -0.15) is 0 Å². The van der Waals surface area contributed by atoms with Gasteiger partial charge in [0.15, 0.2) is 0 Å².